The molecule has 130 valence electrons. The number of methoxy groups -OCH3 is 2. The molecule has 0 spiro atoms. The molecule has 2 aromatic carbocycles. The average Bonchev–Trinajstić information content (AvgIpc) is 3.17. The summed E-state index contributed by atoms with van der Waals surface area (Å²) in [5.74, 6) is 1.49. The van der Waals surface area contributed by atoms with Crippen LogP contribution in [0.2, 0.25) is 0 Å². The standard InChI is InChI=1S/C20H15NO4S/c1-23-14-5-3-12(4-6-14)17-11-26-19(21-17)16-10-13-9-15(24-2)7-8-18(13)25-20(16)22/h3-11H,1-2H3. The van der Waals surface area contributed by atoms with E-state index in [1.165, 1.54) is 11.3 Å². The van der Waals surface area contributed by atoms with Crippen LogP contribution in [-0.2, 0) is 0 Å². The highest BCUT2D eigenvalue weighted by Gasteiger charge is 2.13. The van der Waals surface area contributed by atoms with Crippen molar-refractivity contribution in [1.82, 2.24) is 4.98 Å². The maximum absolute atomic E-state index is 12.4. The van der Waals surface area contributed by atoms with Gasteiger partial charge in [-0.05, 0) is 48.5 Å². The van der Waals surface area contributed by atoms with Crippen LogP contribution in [0, 0.1) is 0 Å². The summed E-state index contributed by atoms with van der Waals surface area (Å²) in [7, 11) is 3.23. The Kier molecular flexibility index (Phi) is 4.18. The number of ether oxygens (including phenoxy) is 2. The maximum Gasteiger partial charge on any atom is 0.346 e. The quantitative estimate of drug-likeness (QED) is 0.495. The summed E-state index contributed by atoms with van der Waals surface area (Å²) < 4.78 is 15.8. The average molecular weight is 365 g/mol. The topological polar surface area (TPSA) is 61.6 Å². The molecule has 4 rings (SSSR count). The number of hydrogen-bond acceptors (Lipinski definition) is 6. The third kappa shape index (κ3) is 2.95. The first-order valence-electron chi connectivity index (χ1n) is 7.90. The van der Waals surface area contributed by atoms with E-state index in [-0.39, 0.29) is 0 Å². The Hall–Kier alpha value is -3.12. The highest BCUT2D eigenvalue weighted by Crippen LogP contribution is 2.30. The highest BCUT2D eigenvalue weighted by molar-refractivity contribution is 7.13. The number of rotatable bonds is 4. The van der Waals surface area contributed by atoms with Crippen LogP contribution in [0.5, 0.6) is 11.5 Å². The van der Waals surface area contributed by atoms with Crippen LogP contribution < -0.4 is 15.1 Å². The molecule has 2 aromatic heterocycles. The van der Waals surface area contributed by atoms with Crippen LogP contribution in [0.4, 0.5) is 0 Å². The third-order valence-electron chi connectivity index (χ3n) is 4.06. The smallest absolute Gasteiger partial charge is 0.346 e. The van der Waals surface area contributed by atoms with Crippen molar-refractivity contribution in [2.75, 3.05) is 14.2 Å². The lowest BCUT2D eigenvalue weighted by atomic mass is 10.1. The predicted octanol–water partition coefficient (Wildman–Crippen LogP) is 4.60. The first-order chi connectivity index (χ1) is 12.7. The van der Waals surface area contributed by atoms with Crippen molar-refractivity contribution in [3.05, 3.63) is 64.3 Å². The van der Waals surface area contributed by atoms with Crippen LogP contribution in [0.3, 0.4) is 0 Å². The lowest BCUT2D eigenvalue weighted by Crippen LogP contribution is -2.02. The van der Waals surface area contributed by atoms with E-state index in [4.69, 9.17) is 13.9 Å². The molecule has 0 atom stereocenters. The molecule has 0 radical (unpaired) electrons. The zero-order valence-electron chi connectivity index (χ0n) is 14.2. The van der Waals surface area contributed by atoms with Crippen LogP contribution >= 0.6 is 11.3 Å². The van der Waals surface area contributed by atoms with E-state index in [9.17, 15) is 4.79 Å². The number of hydrogen-bond donors (Lipinski definition) is 0. The maximum atomic E-state index is 12.4. The van der Waals surface area contributed by atoms with Gasteiger partial charge >= 0.3 is 5.63 Å². The molecule has 0 aliphatic rings. The fourth-order valence-electron chi connectivity index (χ4n) is 2.67. The van der Waals surface area contributed by atoms with Gasteiger partial charge in [-0.15, -0.1) is 11.3 Å². The van der Waals surface area contributed by atoms with E-state index in [1.54, 1.807) is 32.4 Å². The molecule has 6 heteroatoms. The fourth-order valence-corrected chi connectivity index (χ4v) is 3.50. The zero-order chi connectivity index (χ0) is 18.1. The van der Waals surface area contributed by atoms with Crippen molar-refractivity contribution in [2.24, 2.45) is 0 Å². The van der Waals surface area contributed by atoms with Gasteiger partial charge in [0.05, 0.1) is 25.5 Å². The van der Waals surface area contributed by atoms with Gasteiger partial charge in [-0.1, -0.05) is 0 Å². The largest absolute Gasteiger partial charge is 0.497 e. The monoisotopic (exact) mass is 365 g/mol. The fraction of sp³-hybridized carbons (Fsp3) is 0.100. The van der Waals surface area contributed by atoms with Gasteiger partial charge in [0.15, 0.2) is 0 Å². The van der Waals surface area contributed by atoms with Gasteiger partial charge in [0, 0.05) is 16.3 Å². The van der Waals surface area contributed by atoms with Crippen molar-refractivity contribution >= 4 is 22.3 Å². The molecule has 0 N–H and O–H groups in total. The molecule has 0 unspecified atom stereocenters. The summed E-state index contributed by atoms with van der Waals surface area (Å²) in [6.45, 7) is 0. The minimum absolute atomic E-state index is 0.404. The van der Waals surface area contributed by atoms with Gasteiger partial charge in [-0.3, -0.25) is 0 Å². The second-order valence-corrected chi connectivity index (χ2v) is 6.48. The van der Waals surface area contributed by atoms with E-state index in [1.807, 2.05) is 35.7 Å². The summed E-state index contributed by atoms with van der Waals surface area (Å²) in [6.07, 6.45) is 0. The Morgan fingerprint density at radius 3 is 2.42 bits per heavy atom. The van der Waals surface area contributed by atoms with Crippen molar-refractivity contribution in [1.29, 1.82) is 0 Å². The van der Waals surface area contributed by atoms with Crippen LogP contribution in [0.1, 0.15) is 0 Å². The molecule has 26 heavy (non-hydrogen) atoms. The molecule has 0 saturated carbocycles. The second-order valence-electron chi connectivity index (χ2n) is 5.62. The normalized spacial score (nSPS) is 10.8. The number of nitrogens with zero attached hydrogens (tertiary/aromatic N) is 1. The summed E-state index contributed by atoms with van der Waals surface area (Å²) in [6, 6.07) is 14.7. The van der Waals surface area contributed by atoms with E-state index in [2.05, 4.69) is 4.98 Å². The number of benzene rings is 2. The van der Waals surface area contributed by atoms with Crippen molar-refractivity contribution in [3.8, 4) is 33.3 Å². The molecule has 0 fully saturated rings. The second kappa shape index (κ2) is 6.65. The first-order valence-corrected chi connectivity index (χ1v) is 8.78. The summed E-state index contributed by atoms with van der Waals surface area (Å²) >= 11 is 1.41. The van der Waals surface area contributed by atoms with Crippen LogP contribution in [0.25, 0.3) is 32.8 Å². The molecule has 0 aliphatic heterocycles. The van der Waals surface area contributed by atoms with E-state index < -0.39 is 5.63 Å². The van der Waals surface area contributed by atoms with Crippen molar-refractivity contribution < 1.29 is 13.9 Å². The van der Waals surface area contributed by atoms with Crippen molar-refractivity contribution in [3.63, 3.8) is 0 Å². The van der Waals surface area contributed by atoms with E-state index in [0.29, 0.717) is 21.9 Å². The SMILES string of the molecule is COc1ccc(-c2csc(-c3cc4cc(OC)ccc4oc3=O)n2)cc1. The van der Waals surface area contributed by atoms with Gasteiger partial charge in [0.2, 0.25) is 0 Å². The van der Waals surface area contributed by atoms with Crippen molar-refractivity contribution in [2.45, 2.75) is 0 Å². The summed E-state index contributed by atoms with van der Waals surface area (Å²) in [5, 5.41) is 3.33. The minimum Gasteiger partial charge on any atom is -0.497 e. The molecule has 5 nitrogen and oxygen atoms in total. The van der Waals surface area contributed by atoms with E-state index in [0.717, 1.165) is 22.4 Å². The number of aromatic nitrogens is 1. The van der Waals surface area contributed by atoms with Crippen LogP contribution in [0.15, 0.2) is 63.1 Å². The van der Waals surface area contributed by atoms with E-state index >= 15 is 0 Å². The van der Waals surface area contributed by atoms with Gasteiger partial charge in [-0.25, -0.2) is 9.78 Å². The Morgan fingerprint density at radius 2 is 1.69 bits per heavy atom. The minimum atomic E-state index is -0.404. The zero-order valence-corrected chi connectivity index (χ0v) is 15.0. The first kappa shape index (κ1) is 16.4. The van der Waals surface area contributed by atoms with Crippen LogP contribution in [-0.4, -0.2) is 19.2 Å². The molecule has 0 saturated heterocycles. The summed E-state index contributed by atoms with van der Waals surface area (Å²) in [4.78, 5) is 17.0. The molecule has 0 bridgehead atoms. The Labute approximate surface area is 153 Å². The Bertz CT molecular complexity index is 1130. The Morgan fingerprint density at radius 1 is 0.962 bits per heavy atom. The molecular weight excluding hydrogens is 350 g/mol. The van der Waals surface area contributed by atoms with Gasteiger partial charge in [-0.2, -0.15) is 0 Å². The molecule has 4 aromatic rings. The lowest BCUT2D eigenvalue weighted by Gasteiger charge is -2.03. The number of fused-ring (bicyclic) bond motifs is 1. The Balaban J connectivity index is 1.76. The lowest BCUT2D eigenvalue weighted by molar-refractivity contribution is 0.415. The molecule has 2 heterocycles. The predicted molar refractivity (Wildman–Crippen MR) is 102 cm³/mol. The summed E-state index contributed by atoms with van der Waals surface area (Å²) in [5.41, 5.74) is 2.32. The molecule has 0 amide bonds. The highest BCUT2D eigenvalue weighted by atomic mass is 32.1. The van der Waals surface area contributed by atoms with Gasteiger partial charge < -0.3 is 13.9 Å². The van der Waals surface area contributed by atoms with Gasteiger partial charge in [0.1, 0.15) is 22.1 Å². The molecular formula is C20H15NO4S. The molecule has 0 aliphatic carbocycles. The number of thiazole rings is 1. The van der Waals surface area contributed by atoms with Gasteiger partial charge in [0.25, 0.3) is 0 Å². The third-order valence-corrected chi connectivity index (χ3v) is 4.94.